The highest BCUT2D eigenvalue weighted by molar-refractivity contribution is 5.83. The molecule has 1 unspecified atom stereocenters. The molecule has 1 N–H and O–H groups in total. The molecule has 1 atom stereocenters. The van der Waals surface area contributed by atoms with E-state index in [0.29, 0.717) is 11.8 Å². The first-order valence-electron chi connectivity index (χ1n) is 6.69. The number of carbonyl (C=O) groups excluding carboxylic acids is 1. The fourth-order valence-corrected chi connectivity index (χ4v) is 2.43. The number of nitrogens with one attached hydrogen (secondary N) is 1. The van der Waals surface area contributed by atoms with E-state index in [4.69, 9.17) is 0 Å². The maximum absolute atomic E-state index is 12.0. The minimum atomic E-state index is 0.0842. The molecule has 0 aromatic heterocycles. The number of amides is 1. The summed E-state index contributed by atoms with van der Waals surface area (Å²) < 4.78 is 0. The maximum atomic E-state index is 12.0. The Hall–Kier alpha value is -0.570. The van der Waals surface area contributed by atoms with Gasteiger partial charge in [-0.25, -0.2) is 0 Å². The number of rotatable bonds is 6. The van der Waals surface area contributed by atoms with Gasteiger partial charge in [0.25, 0.3) is 0 Å². The number of nitrogens with zero attached hydrogens (tertiary/aromatic N) is 1. The summed E-state index contributed by atoms with van der Waals surface area (Å²) in [5, 5.41) is 3.32. The molecule has 0 spiro atoms. The smallest absolute Gasteiger partial charge is 0.240 e. The third kappa shape index (κ3) is 3.21. The fraction of sp³-hybridized carbons (Fsp3) is 0.923. The second-order valence-electron chi connectivity index (χ2n) is 5.73. The summed E-state index contributed by atoms with van der Waals surface area (Å²) in [5.74, 6) is 1.90. The average Bonchev–Trinajstić information content (AvgIpc) is 2.98. The van der Waals surface area contributed by atoms with Gasteiger partial charge in [-0.15, -0.1) is 0 Å². The van der Waals surface area contributed by atoms with E-state index >= 15 is 0 Å². The third-order valence-corrected chi connectivity index (χ3v) is 3.58. The molecule has 3 nitrogen and oxygen atoms in total. The van der Waals surface area contributed by atoms with Gasteiger partial charge in [0.05, 0.1) is 12.7 Å². The van der Waals surface area contributed by atoms with Crippen molar-refractivity contribution in [3.63, 3.8) is 0 Å². The third-order valence-electron chi connectivity index (χ3n) is 3.58. The van der Waals surface area contributed by atoms with Gasteiger partial charge < -0.3 is 4.90 Å². The molecular weight excluding hydrogens is 200 g/mol. The van der Waals surface area contributed by atoms with E-state index in [0.717, 1.165) is 25.6 Å². The van der Waals surface area contributed by atoms with Crippen LogP contribution in [0.15, 0.2) is 0 Å². The molecular formula is C13H24N2O. The van der Waals surface area contributed by atoms with Gasteiger partial charge in [-0.05, 0) is 31.1 Å². The lowest BCUT2D eigenvalue weighted by atomic mass is 10.0. The van der Waals surface area contributed by atoms with Crippen LogP contribution in [0.3, 0.4) is 0 Å². The van der Waals surface area contributed by atoms with Crippen LogP contribution in [0.4, 0.5) is 0 Å². The summed E-state index contributed by atoms with van der Waals surface area (Å²) in [6, 6.07) is 0.0842. The Bertz CT molecular complexity index is 248. The van der Waals surface area contributed by atoms with Crippen molar-refractivity contribution in [3.05, 3.63) is 0 Å². The Labute approximate surface area is 98.6 Å². The molecule has 0 aromatic rings. The highest BCUT2D eigenvalue weighted by atomic mass is 16.2. The lowest BCUT2D eigenvalue weighted by molar-refractivity contribution is -0.129. The van der Waals surface area contributed by atoms with Crippen LogP contribution < -0.4 is 5.32 Å². The van der Waals surface area contributed by atoms with Crippen molar-refractivity contribution in [1.82, 2.24) is 10.2 Å². The van der Waals surface area contributed by atoms with Gasteiger partial charge in [0.15, 0.2) is 0 Å². The summed E-state index contributed by atoms with van der Waals surface area (Å²) in [6.07, 6.45) is 6.31. The number of hydrogen-bond acceptors (Lipinski definition) is 2. The van der Waals surface area contributed by atoms with Crippen molar-refractivity contribution < 1.29 is 4.79 Å². The van der Waals surface area contributed by atoms with Gasteiger partial charge in [0, 0.05) is 6.54 Å². The monoisotopic (exact) mass is 224 g/mol. The molecule has 0 bridgehead atoms. The summed E-state index contributed by atoms with van der Waals surface area (Å²) >= 11 is 0. The van der Waals surface area contributed by atoms with E-state index in [1.165, 1.54) is 25.7 Å². The van der Waals surface area contributed by atoms with Gasteiger partial charge in [0.2, 0.25) is 5.91 Å². The molecule has 92 valence electrons. The lowest BCUT2D eigenvalue weighted by Crippen LogP contribution is -2.32. The van der Waals surface area contributed by atoms with Gasteiger partial charge >= 0.3 is 0 Å². The Morgan fingerprint density at radius 3 is 2.81 bits per heavy atom. The SMILES string of the molecule is CC(C)CC1NCN(CCCC2CC2)C1=O. The standard InChI is InChI=1S/C13H24N2O/c1-10(2)8-12-13(16)15(9-14-12)7-3-4-11-5-6-11/h10-12,14H,3-9H2,1-2H3. The van der Waals surface area contributed by atoms with Crippen LogP contribution in [0.1, 0.15) is 46.0 Å². The number of hydrogen-bond donors (Lipinski definition) is 1. The first kappa shape index (κ1) is 11.9. The summed E-state index contributed by atoms with van der Waals surface area (Å²) in [5.41, 5.74) is 0. The zero-order valence-corrected chi connectivity index (χ0v) is 10.5. The van der Waals surface area contributed by atoms with E-state index < -0.39 is 0 Å². The second-order valence-corrected chi connectivity index (χ2v) is 5.73. The van der Waals surface area contributed by atoms with Crippen molar-refractivity contribution in [1.29, 1.82) is 0 Å². The first-order chi connectivity index (χ1) is 7.66. The van der Waals surface area contributed by atoms with Crippen LogP contribution in [-0.2, 0) is 4.79 Å². The zero-order valence-electron chi connectivity index (χ0n) is 10.5. The maximum Gasteiger partial charge on any atom is 0.240 e. The second kappa shape index (κ2) is 5.17. The molecule has 0 aromatic carbocycles. The van der Waals surface area contributed by atoms with Crippen molar-refractivity contribution in [3.8, 4) is 0 Å². The zero-order chi connectivity index (χ0) is 11.5. The van der Waals surface area contributed by atoms with E-state index in [1.54, 1.807) is 0 Å². The predicted octanol–water partition coefficient (Wildman–Crippen LogP) is 1.98. The van der Waals surface area contributed by atoms with Gasteiger partial charge in [0.1, 0.15) is 0 Å². The highest BCUT2D eigenvalue weighted by Gasteiger charge is 2.31. The van der Waals surface area contributed by atoms with Crippen molar-refractivity contribution in [2.75, 3.05) is 13.2 Å². The molecule has 1 saturated carbocycles. The van der Waals surface area contributed by atoms with Gasteiger partial charge in [-0.2, -0.15) is 0 Å². The predicted molar refractivity (Wildman–Crippen MR) is 64.9 cm³/mol. The summed E-state index contributed by atoms with van der Waals surface area (Å²) in [4.78, 5) is 14.0. The van der Waals surface area contributed by atoms with E-state index in [1.807, 2.05) is 4.90 Å². The molecule has 1 aliphatic heterocycles. The minimum Gasteiger partial charge on any atom is -0.329 e. The van der Waals surface area contributed by atoms with E-state index in [-0.39, 0.29) is 6.04 Å². The van der Waals surface area contributed by atoms with Crippen LogP contribution in [0.5, 0.6) is 0 Å². The molecule has 16 heavy (non-hydrogen) atoms. The van der Waals surface area contributed by atoms with Crippen LogP contribution >= 0.6 is 0 Å². The number of carbonyl (C=O) groups is 1. The molecule has 2 rings (SSSR count). The lowest BCUT2D eigenvalue weighted by Gasteiger charge is -2.15. The molecule has 0 radical (unpaired) electrons. The molecule has 1 aliphatic carbocycles. The Morgan fingerprint density at radius 1 is 1.44 bits per heavy atom. The highest BCUT2D eigenvalue weighted by Crippen LogP contribution is 2.33. The molecule has 1 heterocycles. The Morgan fingerprint density at radius 2 is 2.19 bits per heavy atom. The summed E-state index contributed by atoms with van der Waals surface area (Å²) in [7, 11) is 0. The van der Waals surface area contributed by atoms with E-state index in [9.17, 15) is 4.79 Å². The Balaban J connectivity index is 1.68. The largest absolute Gasteiger partial charge is 0.329 e. The Kier molecular flexibility index (Phi) is 3.85. The van der Waals surface area contributed by atoms with Crippen LogP contribution in [0, 0.1) is 11.8 Å². The molecule has 2 fully saturated rings. The van der Waals surface area contributed by atoms with Crippen molar-refractivity contribution in [2.45, 2.75) is 52.0 Å². The molecule has 3 heteroatoms. The minimum absolute atomic E-state index is 0.0842. The van der Waals surface area contributed by atoms with Crippen molar-refractivity contribution in [2.24, 2.45) is 11.8 Å². The van der Waals surface area contributed by atoms with Crippen LogP contribution in [0.2, 0.25) is 0 Å². The van der Waals surface area contributed by atoms with Crippen molar-refractivity contribution >= 4 is 5.91 Å². The normalized spacial score (nSPS) is 25.8. The quantitative estimate of drug-likeness (QED) is 0.748. The molecule has 1 saturated heterocycles. The summed E-state index contributed by atoms with van der Waals surface area (Å²) in [6.45, 7) is 6.06. The van der Waals surface area contributed by atoms with Crippen LogP contribution in [0.25, 0.3) is 0 Å². The van der Waals surface area contributed by atoms with Gasteiger partial charge in [-0.3, -0.25) is 10.1 Å². The average molecular weight is 224 g/mol. The first-order valence-corrected chi connectivity index (χ1v) is 6.69. The molecule has 2 aliphatic rings. The molecule has 1 amide bonds. The van der Waals surface area contributed by atoms with E-state index in [2.05, 4.69) is 19.2 Å². The topological polar surface area (TPSA) is 32.3 Å². The van der Waals surface area contributed by atoms with Crippen LogP contribution in [-0.4, -0.2) is 30.1 Å². The fourth-order valence-electron chi connectivity index (χ4n) is 2.43. The van der Waals surface area contributed by atoms with Gasteiger partial charge in [-0.1, -0.05) is 26.7 Å².